The number of nitrogens with zero attached hydrogens (tertiary/aromatic N) is 2. The number of nitrogens with one attached hydrogen (secondary N) is 1. The molecule has 4 rings (SSSR count). The van der Waals surface area contributed by atoms with Crippen molar-refractivity contribution in [1.29, 1.82) is 0 Å². The van der Waals surface area contributed by atoms with Gasteiger partial charge in [0.15, 0.2) is 0 Å². The molecule has 1 saturated heterocycles. The summed E-state index contributed by atoms with van der Waals surface area (Å²) in [4.78, 5) is 8.34. The van der Waals surface area contributed by atoms with Crippen LogP contribution in [-0.4, -0.2) is 29.9 Å². The Hall–Kier alpha value is -1.52. The average Bonchev–Trinajstić information content (AvgIpc) is 2.63. The molecule has 3 nitrogen and oxygen atoms in total. The lowest BCUT2D eigenvalue weighted by Gasteiger charge is -2.36. The van der Waals surface area contributed by atoms with Crippen molar-refractivity contribution in [2.75, 3.05) is 23.7 Å². The molecule has 3 heterocycles. The Morgan fingerprint density at radius 1 is 1.00 bits per heavy atom. The van der Waals surface area contributed by atoms with Crippen molar-refractivity contribution in [1.82, 2.24) is 10.3 Å². The van der Waals surface area contributed by atoms with Gasteiger partial charge < -0.3 is 10.2 Å². The molecular formula is C19H23N3S. The second-order valence-electron chi connectivity index (χ2n) is 6.34. The third-order valence-corrected chi connectivity index (χ3v) is 5.99. The number of fused-ring (bicyclic) bond motifs is 1. The van der Waals surface area contributed by atoms with Gasteiger partial charge in [0.25, 0.3) is 0 Å². The van der Waals surface area contributed by atoms with Crippen LogP contribution in [0.2, 0.25) is 0 Å². The summed E-state index contributed by atoms with van der Waals surface area (Å²) in [6.45, 7) is 2.19. The Balaban J connectivity index is 1.37. The summed E-state index contributed by atoms with van der Waals surface area (Å²) < 4.78 is 0. The molecule has 1 unspecified atom stereocenters. The van der Waals surface area contributed by atoms with Gasteiger partial charge in [-0.2, -0.15) is 0 Å². The fraction of sp³-hybridized carbons (Fsp3) is 0.421. The highest BCUT2D eigenvalue weighted by atomic mass is 32.2. The molecule has 0 radical (unpaired) electrons. The Morgan fingerprint density at radius 3 is 2.65 bits per heavy atom. The molecule has 1 N–H and O–H groups in total. The van der Waals surface area contributed by atoms with Crippen molar-refractivity contribution in [2.24, 2.45) is 0 Å². The van der Waals surface area contributed by atoms with Gasteiger partial charge in [0.1, 0.15) is 5.82 Å². The normalized spacial score (nSPS) is 21.9. The van der Waals surface area contributed by atoms with Gasteiger partial charge in [-0.3, -0.25) is 0 Å². The molecule has 23 heavy (non-hydrogen) atoms. The molecule has 1 aromatic carbocycles. The van der Waals surface area contributed by atoms with Gasteiger partial charge in [0.05, 0.1) is 0 Å². The molecule has 0 spiro atoms. The minimum absolute atomic E-state index is 0.527. The summed E-state index contributed by atoms with van der Waals surface area (Å²) in [5.41, 5.74) is 1.50. The number of rotatable bonds is 3. The number of hydrogen-bond acceptors (Lipinski definition) is 4. The fourth-order valence-corrected chi connectivity index (χ4v) is 4.74. The molecule has 120 valence electrons. The average molecular weight is 325 g/mol. The van der Waals surface area contributed by atoms with E-state index in [-0.39, 0.29) is 0 Å². The zero-order valence-electron chi connectivity index (χ0n) is 13.3. The van der Waals surface area contributed by atoms with E-state index in [1.165, 1.54) is 35.5 Å². The molecule has 2 aliphatic rings. The quantitative estimate of drug-likeness (QED) is 0.927. The summed E-state index contributed by atoms with van der Waals surface area (Å²) in [5, 5.41) is 3.93. The predicted molar refractivity (Wildman–Crippen MR) is 97.1 cm³/mol. The van der Waals surface area contributed by atoms with Crippen LogP contribution in [0.15, 0.2) is 53.6 Å². The number of hydrogen-bond donors (Lipinski definition) is 1. The largest absolute Gasteiger partial charge is 0.357 e. The molecule has 2 aromatic rings. The number of benzene rings is 1. The number of pyridine rings is 1. The van der Waals surface area contributed by atoms with Crippen molar-refractivity contribution < 1.29 is 0 Å². The van der Waals surface area contributed by atoms with Crippen LogP contribution in [0.4, 0.5) is 5.82 Å². The maximum atomic E-state index is 4.48. The minimum Gasteiger partial charge on any atom is -0.357 e. The van der Waals surface area contributed by atoms with Gasteiger partial charge in [0, 0.05) is 36.3 Å². The highest BCUT2D eigenvalue weighted by Gasteiger charge is 2.25. The third kappa shape index (κ3) is 3.38. The summed E-state index contributed by atoms with van der Waals surface area (Å²) in [6, 6.07) is 16.2. The van der Waals surface area contributed by atoms with Crippen LogP contribution in [0, 0.1) is 0 Å². The maximum Gasteiger partial charge on any atom is 0.128 e. The van der Waals surface area contributed by atoms with E-state index >= 15 is 0 Å². The highest BCUT2D eigenvalue weighted by Crippen LogP contribution is 2.36. The Labute approximate surface area is 142 Å². The lowest BCUT2D eigenvalue weighted by molar-refractivity contribution is 0.360. The van der Waals surface area contributed by atoms with E-state index in [1.54, 1.807) is 0 Å². The topological polar surface area (TPSA) is 28.2 Å². The number of piperidine rings is 1. The lowest BCUT2D eigenvalue weighted by Crippen LogP contribution is -2.44. The van der Waals surface area contributed by atoms with Gasteiger partial charge in [-0.1, -0.05) is 24.3 Å². The molecule has 0 saturated carbocycles. The standard InChI is InChI=1S/C19H23N3S/c1-2-6-18-16(5-1)17(10-14-23-18)21-15-8-12-22(13-9-15)19-7-3-4-11-20-19/h1-7,11,15,17,21H,8-10,12-14H2. The second kappa shape index (κ2) is 6.93. The van der Waals surface area contributed by atoms with Gasteiger partial charge in [-0.25, -0.2) is 4.98 Å². The molecule has 2 aliphatic heterocycles. The first-order chi connectivity index (χ1) is 11.4. The predicted octanol–water partition coefficient (Wildman–Crippen LogP) is 3.88. The molecule has 0 bridgehead atoms. The van der Waals surface area contributed by atoms with E-state index in [1.807, 2.05) is 24.0 Å². The first-order valence-corrected chi connectivity index (χ1v) is 9.52. The van der Waals surface area contributed by atoms with Crippen LogP contribution >= 0.6 is 11.8 Å². The smallest absolute Gasteiger partial charge is 0.128 e. The second-order valence-corrected chi connectivity index (χ2v) is 7.48. The lowest BCUT2D eigenvalue weighted by atomic mass is 9.99. The van der Waals surface area contributed by atoms with Crippen molar-refractivity contribution in [3.8, 4) is 0 Å². The van der Waals surface area contributed by atoms with Crippen LogP contribution in [0.3, 0.4) is 0 Å². The fourth-order valence-electron chi connectivity index (χ4n) is 3.62. The van der Waals surface area contributed by atoms with Crippen LogP contribution in [0.25, 0.3) is 0 Å². The molecule has 0 aliphatic carbocycles. The third-order valence-electron chi connectivity index (χ3n) is 4.86. The summed E-state index contributed by atoms with van der Waals surface area (Å²) in [5.74, 6) is 2.34. The van der Waals surface area contributed by atoms with Crippen LogP contribution in [0.1, 0.15) is 30.9 Å². The Morgan fingerprint density at radius 2 is 1.83 bits per heavy atom. The van der Waals surface area contributed by atoms with E-state index in [9.17, 15) is 0 Å². The minimum atomic E-state index is 0.527. The van der Waals surface area contributed by atoms with Crippen molar-refractivity contribution in [3.63, 3.8) is 0 Å². The molecule has 1 fully saturated rings. The number of anilines is 1. The molecule has 1 aromatic heterocycles. The van der Waals surface area contributed by atoms with E-state index in [2.05, 4.69) is 51.6 Å². The summed E-state index contributed by atoms with van der Waals surface area (Å²) in [7, 11) is 0. The Bertz CT molecular complexity index is 638. The SMILES string of the molecule is c1ccc(N2CCC(NC3CCSc4ccccc43)CC2)nc1. The van der Waals surface area contributed by atoms with E-state index in [4.69, 9.17) is 0 Å². The molecule has 4 heteroatoms. The van der Waals surface area contributed by atoms with Crippen molar-refractivity contribution >= 4 is 17.6 Å². The number of thioether (sulfide) groups is 1. The van der Waals surface area contributed by atoms with Crippen LogP contribution in [0.5, 0.6) is 0 Å². The summed E-state index contributed by atoms with van der Waals surface area (Å²) >= 11 is 2.00. The first kappa shape index (κ1) is 15.0. The zero-order valence-corrected chi connectivity index (χ0v) is 14.1. The van der Waals surface area contributed by atoms with Gasteiger partial charge in [-0.05, 0) is 48.8 Å². The van der Waals surface area contributed by atoms with Gasteiger partial charge >= 0.3 is 0 Å². The Kier molecular flexibility index (Phi) is 4.53. The van der Waals surface area contributed by atoms with Gasteiger partial charge in [-0.15, -0.1) is 11.8 Å². The van der Waals surface area contributed by atoms with Crippen molar-refractivity contribution in [2.45, 2.75) is 36.2 Å². The van der Waals surface area contributed by atoms with E-state index in [0.29, 0.717) is 12.1 Å². The molecule has 0 amide bonds. The van der Waals surface area contributed by atoms with E-state index in [0.717, 1.165) is 18.9 Å². The van der Waals surface area contributed by atoms with Crippen LogP contribution < -0.4 is 10.2 Å². The van der Waals surface area contributed by atoms with Crippen molar-refractivity contribution in [3.05, 3.63) is 54.2 Å². The van der Waals surface area contributed by atoms with Crippen LogP contribution in [-0.2, 0) is 0 Å². The highest BCUT2D eigenvalue weighted by molar-refractivity contribution is 7.99. The molecular weight excluding hydrogens is 302 g/mol. The van der Waals surface area contributed by atoms with E-state index < -0.39 is 0 Å². The molecule has 1 atom stereocenters. The monoisotopic (exact) mass is 325 g/mol. The number of aromatic nitrogens is 1. The zero-order chi connectivity index (χ0) is 15.5. The maximum absolute atomic E-state index is 4.48. The first-order valence-electron chi connectivity index (χ1n) is 8.54. The van der Waals surface area contributed by atoms with Gasteiger partial charge in [0.2, 0.25) is 0 Å². The summed E-state index contributed by atoms with van der Waals surface area (Å²) in [6.07, 6.45) is 5.52.